The maximum atomic E-state index is 5.60. The van der Waals surface area contributed by atoms with Crippen LogP contribution in [0.2, 0.25) is 0 Å². The predicted molar refractivity (Wildman–Crippen MR) is 149 cm³/mol. The number of fused-ring (bicyclic) bond motifs is 2. The average Bonchev–Trinajstić information content (AvgIpc) is 3.36. The first kappa shape index (κ1) is 23.1. The lowest BCUT2D eigenvalue weighted by molar-refractivity contribution is 0.123. The number of nitrogens with one attached hydrogen (secondary N) is 1. The fourth-order valence-corrected chi connectivity index (χ4v) is 5.43. The lowest BCUT2D eigenvalue weighted by Gasteiger charge is -2.28. The van der Waals surface area contributed by atoms with E-state index < -0.39 is 0 Å². The van der Waals surface area contributed by atoms with Gasteiger partial charge in [-0.2, -0.15) is 5.10 Å². The maximum absolute atomic E-state index is 5.60. The van der Waals surface area contributed by atoms with Crippen molar-refractivity contribution in [1.29, 1.82) is 0 Å². The maximum Gasteiger partial charge on any atom is 0.178 e. The molecule has 4 aromatic heterocycles. The molecule has 9 nitrogen and oxygen atoms in total. The quantitative estimate of drug-likeness (QED) is 0.389. The van der Waals surface area contributed by atoms with Crippen LogP contribution in [-0.4, -0.2) is 77.0 Å². The van der Waals surface area contributed by atoms with E-state index in [4.69, 9.17) is 24.8 Å². The van der Waals surface area contributed by atoms with Gasteiger partial charge >= 0.3 is 0 Å². The van der Waals surface area contributed by atoms with Crippen LogP contribution in [-0.2, 0) is 11.2 Å². The van der Waals surface area contributed by atoms with E-state index in [-0.39, 0.29) is 0 Å². The molecular formula is C29H30N8O. The highest BCUT2D eigenvalue weighted by molar-refractivity contribution is 5.79. The van der Waals surface area contributed by atoms with Crippen molar-refractivity contribution in [3.05, 3.63) is 78.4 Å². The molecule has 0 aliphatic carbocycles. The number of pyridine rings is 2. The molecule has 5 aromatic rings. The van der Waals surface area contributed by atoms with Crippen LogP contribution < -0.4 is 15.1 Å². The molecule has 0 saturated carbocycles. The largest absolute Gasteiger partial charge is 0.378 e. The number of rotatable bonds is 5. The number of nitrogens with zero attached hydrogens (tertiary/aromatic N) is 7. The zero-order valence-electron chi connectivity index (χ0n) is 21.3. The summed E-state index contributed by atoms with van der Waals surface area (Å²) in [5.74, 6) is 1.00. The van der Waals surface area contributed by atoms with Gasteiger partial charge in [-0.1, -0.05) is 24.3 Å². The molecule has 0 atom stereocenters. The Morgan fingerprint density at radius 3 is 2.55 bits per heavy atom. The molecule has 38 heavy (non-hydrogen) atoms. The topological polar surface area (TPSA) is 83.7 Å². The zero-order chi connectivity index (χ0) is 25.3. The van der Waals surface area contributed by atoms with Crippen LogP contribution in [0, 0.1) is 0 Å². The van der Waals surface area contributed by atoms with E-state index in [2.05, 4.69) is 57.6 Å². The number of benzene rings is 1. The van der Waals surface area contributed by atoms with Gasteiger partial charge in [0.05, 0.1) is 42.0 Å². The monoisotopic (exact) mass is 506 g/mol. The van der Waals surface area contributed by atoms with Gasteiger partial charge in [-0.3, -0.25) is 4.98 Å². The van der Waals surface area contributed by atoms with Gasteiger partial charge in [-0.25, -0.2) is 14.5 Å². The fourth-order valence-electron chi connectivity index (χ4n) is 5.43. The Labute approximate surface area is 221 Å². The highest BCUT2D eigenvalue weighted by Crippen LogP contribution is 2.31. The molecule has 6 heterocycles. The molecule has 192 valence electrons. The second kappa shape index (κ2) is 10.00. The van der Waals surface area contributed by atoms with Gasteiger partial charge in [0.2, 0.25) is 0 Å². The number of morpholine rings is 1. The van der Waals surface area contributed by atoms with E-state index in [1.807, 2.05) is 29.0 Å². The lowest BCUT2D eigenvalue weighted by atomic mass is 10.1. The highest BCUT2D eigenvalue weighted by Gasteiger charge is 2.22. The number of anilines is 2. The van der Waals surface area contributed by atoms with E-state index in [0.29, 0.717) is 19.6 Å². The van der Waals surface area contributed by atoms with Gasteiger partial charge in [-0.05, 0) is 30.3 Å². The fraction of sp³-hybridized carbons (Fsp3) is 0.310. The van der Waals surface area contributed by atoms with Crippen molar-refractivity contribution in [2.45, 2.75) is 6.42 Å². The first-order chi connectivity index (χ1) is 18.8. The first-order valence-electron chi connectivity index (χ1n) is 13.3. The molecule has 1 aromatic carbocycles. The third-order valence-corrected chi connectivity index (χ3v) is 7.39. The van der Waals surface area contributed by atoms with Gasteiger partial charge in [0, 0.05) is 68.5 Å². The normalized spacial score (nSPS) is 16.4. The van der Waals surface area contributed by atoms with Crippen LogP contribution >= 0.6 is 0 Å². The molecule has 0 spiro atoms. The van der Waals surface area contributed by atoms with E-state index in [9.17, 15) is 0 Å². The minimum absolute atomic E-state index is 0.603. The van der Waals surface area contributed by atoms with Crippen LogP contribution in [0.1, 0.15) is 11.4 Å². The molecule has 2 fully saturated rings. The molecule has 7 rings (SSSR count). The summed E-state index contributed by atoms with van der Waals surface area (Å²) in [5, 5.41) is 9.31. The molecule has 0 amide bonds. The molecule has 2 aliphatic heterocycles. The third-order valence-electron chi connectivity index (χ3n) is 7.39. The summed E-state index contributed by atoms with van der Waals surface area (Å²) in [7, 11) is 0. The predicted octanol–water partition coefficient (Wildman–Crippen LogP) is 3.18. The standard InChI is InChI=1S/C29H30N8O/c1-2-4-24-21(3-1)5-7-23(33-24)19-25-28(22-6-8-27(31-20-22)36-13-11-30-12-14-36)37-29(34-25)26(9-10-32-37)35-15-17-38-18-16-35/h1-10,20,30H,11-19H2. The Bertz CT molecular complexity index is 1570. The molecular weight excluding hydrogens is 476 g/mol. The van der Waals surface area contributed by atoms with Gasteiger partial charge < -0.3 is 19.9 Å². The number of para-hydroxylation sites is 1. The van der Waals surface area contributed by atoms with Crippen LogP contribution in [0.5, 0.6) is 0 Å². The minimum Gasteiger partial charge on any atom is -0.378 e. The van der Waals surface area contributed by atoms with Crippen molar-refractivity contribution in [3.63, 3.8) is 0 Å². The van der Waals surface area contributed by atoms with Crippen molar-refractivity contribution in [2.75, 3.05) is 62.3 Å². The number of hydrogen-bond donors (Lipinski definition) is 1. The summed E-state index contributed by atoms with van der Waals surface area (Å²) in [4.78, 5) is 19.6. The first-order valence-corrected chi connectivity index (χ1v) is 13.3. The number of imidazole rings is 1. The van der Waals surface area contributed by atoms with E-state index >= 15 is 0 Å². The molecule has 0 unspecified atom stereocenters. The summed E-state index contributed by atoms with van der Waals surface area (Å²) in [6.45, 7) is 6.99. The SMILES string of the molecule is c1ccc2nc(Cc3nc4c(N5CCOCC5)ccnn4c3-c3ccc(N4CCNCC4)nc3)ccc2c1. The van der Waals surface area contributed by atoms with Crippen LogP contribution in [0.4, 0.5) is 11.5 Å². The average molecular weight is 507 g/mol. The van der Waals surface area contributed by atoms with Crippen LogP contribution in [0.15, 0.2) is 67.0 Å². The molecule has 2 aliphatic rings. The number of ether oxygens (including phenoxy) is 1. The summed E-state index contributed by atoms with van der Waals surface area (Å²) in [6.07, 6.45) is 4.43. The lowest BCUT2D eigenvalue weighted by Crippen LogP contribution is -2.43. The van der Waals surface area contributed by atoms with Crippen molar-refractivity contribution in [2.24, 2.45) is 0 Å². The van der Waals surface area contributed by atoms with Crippen molar-refractivity contribution in [1.82, 2.24) is 29.9 Å². The van der Waals surface area contributed by atoms with E-state index in [1.54, 1.807) is 0 Å². The summed E-state index contributed by atoms with van der Waals surface area (Å²) in [5.41, 5.74) is 6.80. The van der Waals surface area contributed by atoms with E-state index in [0.717, 1.165) is 90.0 Å². The number of hydrogen-bond acceptors (Lipinski definition) is 8. The van der Waals surface area contributed by atoms with Gasteiger partial charge in [-0.15, -0.1) is 0 Å². The smallest absolute Gasteiger partial charge is 0.178 e. The van der Waals surface area contributed by atoms with E-state index in [1.165, 1.54) is 0 Å². The summed E-state index contributed by atoms with van der Waals surface area (Å²) < 4.78 is 7.57. The Balaban J connectivity index is 1.32. The Morgan fingerprint density at radius 1 is 0.842 bits per heavy atom. The molecule has 2 saturated heterocycles. The zero-order valence-corrected chi connectivity index (χ0v) is 21.3. The second-order valence-corrected chi connectivity index (χ2v) is 9.77. The summed E-state index contributed by atoms with van der Waals surface area (Å²) in [6, 6.07) is 18.8. The van der Waals surface area contributed by atoms with Gasteiger partial charge in [0.1, 0.15) is 5.82 Å². The third kappa shape index (κ3) is 4.33. The highest BCUT2D eigenvalue weighted by atomic mass is 16.5. The Kier molecular flexibility index (Phi) is 6.07. The minimum atomic E-state index is 0.603. The Morgan fingerprint density at radius 2 is 1.71 bits per heavy atom. The van der Waals surface area contributed by atoms with Crippen LogP contribution in [0.25, 0.3) is 27.8 Å². The molecule has 9 heteroatoms. The molecule has 0 radical (unpaired) electrons. The molecule has 1 N–H and O–H groups in total. The van der Waals surface area contributed by atoms with Gasteiger partial charge in [0.25, 0.3) is 0 Å². The Hall–Kier alpha value is -4.08. The summed E-state index contributed by atoms with van der Waals surface area (Å²) >= 11 is 0. The second-order valence-electron chi connectivity index (χ2n) is 9.77. The number of aromatic nitrogens is 5. The van der Waals surface area contributed by atoms with Crippen molar-refractivity contribution in [3.8, 4) is 11.3 Å². The van der Waals surface area contributed by atoms with Crippen molar-refractivity contribution < 1.29 is 4.74 Å². The van der Waals surface area contributed by atoms with Crippen molar-refractivity contribution >= 4 is 28.1 Å². The van der Waals surface area contributed by atoms with Gasteiger partial charge in [0.15, 0.2) is 5.65 Å². The molecule has 0 bridgehead atoms. The number of piperazine rings is 1. The van der Waals surface area contributed by atoms with Crippen LogP contribution in [0.3, 0.4) is 0 Å².